The van der Waals surface area contributed by atoms with Gasteiger partial charge in [-0.25, -0.2) is 4.79 Å². The molecule has 4 heteroatoms. The number of aliphatic hydroxyl groups is 1. The van der Waals surface area contributed by atoms with E-state index in [1.165, 1.54) is 0 Å². The first-order valence-electron chi connectivity index (χ1n) is 5.88. The van der Waals surface area contributed by atoms with E-state index in [1.54, 1.807) is 4.90 Å². The van der Waals surface area contributed by atoms with E-state index in [0.717, 1.165) is 0 Å². The first-order chi connectivity index (χ1) is 7.20. The van der Waals surface area contributed by atoms with Crippen molar-refractivity contribution in [2.45, 2.75) is 58.8 Å². The highest BCUT2D eigenvalue weighted by molar-refractivity contribution is 5.69. The van der Waals surface area contributed by atoms with Crippen LogP contribution >= 0.6 is 0 Å². The monoisotopic (exact) mass is 229 g/mol. The summed E-state index contributed by atoms with van der Waals surface area (Å²) in [5.74, 6) is 0.338. The van der Waals surface area contributed by atoms with Crippen LogP contribution in [0, 0.1) is 5.92 Å². The van der Waals surface area contributed by atoms with Crippen LogP contribution in [0.5, 0.6) is 0 Å². The third-order valence-electron chi connectivity index (χ3n) is 2.72. The SMILES string of the molecule is CC(C)[C@@H]1C[C@H](O)CN1C(=O)OC(C)(C)C. The Kier molecular flexibility index (Phi) is 3.84. The number of hydrogen-bond donors (Lipinski definition) is 1. The van der Waals surface area contributed by atoms with Crippen LogP contribution < -0.4 is 0 Å². The van der Waals surface area contributed by atoms with Crippen LogP contribution in [-0.4, -0.2) is 40.4 Å². The van der Waals surface area contributed by atoms with Crippen LogP contribution in [0.25, 0.3) is 0 Å². The number of likely N-dealkylation sites (tertiary alicyclic amines) is 1. The van der Waals surface area contributed by atoms with Crippen molar-refractivity contribution in [2.75, 3.05) is 6.54 Å². The molecule has 1 heterocycles. The topological polar surface area (TPSA) is 49.8 Å². The molecule has 1 N–H and O–H groups in total. The molecular formula is C12H23NO3. The van der Waals surface area contributed by atoms with Crippen LogP contribution in [-0.2, 0) is 4.74 Å². The molecule has 1 fully saturated rings. The van der Waals surface area contributed by atoms with Crippen LogP contribution in [0.4, 0.5) is 4.79 Å². The van der Waals surface area contributed by atoms with Gasteiger partial charge in [-0.2, -0.15) is 0 Å². The van der Waals surface area contributed by atoms with Gasteiger partial charge >= 0.3 is 6.09 Å². The Morgan fingerprint density at radius 2 is 2.00 bits per heavy atom. The van der Waals surface area contributed by atoms with Gasteiger partial charge in [-0.3, -0.25) is 0 Å². The fraction of sp³-hybridized carbons (Fsp3) is 0.917. The van der Waals surface area contributed by atoms with Crippen LogP contribution in [0.3, 0.4) is 0 Å². The highest BCUT2D eigenvalue weighted by atomic mass is 16.6. The van der Waals surface area contributed by atoms with Crippen molar-refractivity contribution in [1.29, 1.82) is 0 Å². The molecular weight excluding hydrogens is 206 g/mol. The second kappa shape index (κ2) is 4.62. The average Bonchev–Trinajstić information content (AvgIpc) is 2.44. The molecule has 0 aliphatic carbocycles. The average molecular weight is 229 g/mol. The minimum atomic E-state index is -0.480. The zero-order valence-electron chi connectivity index (χ0n) is 10.9. The lowest BCUT2D eigenvalue weighted by Crippen LogP contribution is -2.42. The molecule has 0 spiro atoms. The van der Waals surface area contributed by atoms with Crippen LogP contribution in [0.15, 0.2) is 0 Å². The molecule has 94 valence electrons. The lowest BCUT2D eigenvalue weighted by molar-refractivity contribution is 0.0175. The maximum absolute atomic E-state index is 11.9. The van der Waals surface area contributed by atoms with Crippen molar-refractivity contribution >= 4 is 6.09 Å². The van der Waals surface area contributed by atoms with Crippen molar-refractivity contribution in [3.05, 3.63) is 0 Å². The number of β-amino-alcohol motifs (C(OH)–C–C–N with tert-alkyl or cyclic N) is 1. The molecule has 1 amide bonds. The summed E-state index contributed by atoms with van der Waals surface area (Å²) in [7, 11) is 0. The number of hydrogen-bond acceptors (Lipinski definition) is 3. The smallest absolute Gasteiger partial charge is 0.410 e. The largest absolute Gasteiger partial charge is 0.444 e. The summed E-state index contributed by atoms with van der Waals surface area (Å²) >= 11 is 0. The molecule has 0 unspecified atom stereocenters. The van der Waals surface area contributed by atoms with Gasteiger partial charge in [0, 0.05) is 6.04 Å². The normalized spacial score (nSPS) is 26.3. The highest BCUT2D eigenvalue weighted by Crippen LogP contribution is 2.26. The van der Waals surface area contributed by atoms with E-state index in [-0.39, 0.29) is 12.1 Å². The summed E-state index contributed by atoms with van der Waals surface area (Å²) < 4.78 is 5.33. The van der Waals surface area contributed by atoms with Gasteiger partial charge in [0.05, 0.1) is 12.6 Å². The van der Waals surface area contributed by atoms with Gasteiger partial charge in [-0.15, -0.1) is 0 Å². The summed E-state index contributed by atoms with van der Waals surface area (Å²) in [5.41, 5.74) is -0.480. The number of carbonyl (C=O) groups excluding carboxylic acids is 1. The fourth-order valence-electron chi connectivity index (χ4n) is 2.01. The first kappa shape index (κ1) is 13.3. The maximum atomic E-state index is 11.9. The van der Waals surface area contributed by atoms with Gasteiger partial charge < -0.3 is 14.7 Å². The van der Waals surface area contributed by atoms with Gasteiger partial charge in [-0.05, 0) is 33.1 Å². The maximum Gasteiger partial charge on any atom is 0.410 e. The minimum Gasteiger partial charge on any atom is -0.444 e. The Hall–Kier alpha value is -0.770. The molecule has 16 heavy (non-hydrogen) atoms. The molecule has 1 rings (SSSR count). The molecule has 2 atom stereocenters. The van der Waals surface area contributed by atoms with Gasteiger partial charge in [0.2, 0.25) is 0 Å². The molecule has 0 saturated carbocycles. The number of rotatable bonds is 1. The Morgan fingerprint density at radius 1 is 1.44 bits per heavy atom. The molecule has 1 aliphatic heterocycles. The van der Waals surface area contributed by atoms with Gasteiger partial charge in [0.15, 0.2) is 0 Å². The molecule has 0 aromatic heterocycles. The Morgan fingerprint density at radius 3 is 2.44 bits per heavy atom. The van der Waals surface area contributed by atoms with E-state index in [0.29, 0.717) is 18.9 Å². The van der Waals surface area contributed by atoms with Gasteiger partial charge in [-0.1, -0.05) is 13.8 Å². The van der Waals surface area contributed by atoms with E-state index in [1.807, 2.05) is 20.8 Å². The molecule has 0 bridgehead atoms. The molecule has 0 aromatic carbocycles. The summed E-state index contributed by atoms with van der Waals surface area (Å²) in [5, 5.41) is 9.62. The van der Waals surface area contributed by atoms with E-state index in [2.05, 4.69) is 13.8 Å². The lowest BCUT2D eigenvalue weighted by atomic mass is 10.0. The predicted molar refractivity (Wildman–Crippen MR) is 62.2 cm³/mol. The van der Waals surface area contributed by atoms with Gasteiger partial charge in [0.1, 0.15) is 5.60 Å². The summed E-state index contributed by atoms with van der Waals surface area (Å²) in [6, 6.07) is 0.0878. The Bertz CT molecular complexity index is 257. The van der Waals surface area contributed by atoms with Crippen molar-refractivity contribution in [3.63, 3.8) is 0 Å². The standard InChI is InChI=1S/C12H23NO3/c1-8(2)10-6-9(14)7-13(10)11(15)16-12(3,4)5/h8-10,14H,6-7H2,1-5H3/t9-,10-/m0/s1. The molecule has 1 aliphatic rings. The highest BCUT2D eigenvalue weighted by Gasteiger charge is 2.38. The van der Waals surface area contributed by atoms with Crippen LogP contribution in [0.1, 0.15) is 41.0 Å². The molecule has 0 aromatic rings. The fourth-order valence-corrected chi connectivity index (χ4v) is 2.01. The molecule has 0 radical (unpaired) electrons. The van der Waals surface area contributed by atoms with Gasteiger partial charge in [0.25, 0.3) is 0 Å². The van der Waals surface area contributed by atoms with Crippen molar-refractivity contribution in [3.8, 4) is 0 Å². The Labute approximate surface area is 97.6 Å². The summed E-state index contributed by atoms with van der Waals surface area (Å²) in [4.78, 5) is 13.6. The van der Waals surface area contributed by atoms with E-state index < -0.39 is 11.7 Å². The number of amides is 1. The van der Waals surface area contributed by atoms with E-state index in [9.17, 15) is 9.90 Å². The second-order valence-corrected chi connectivity index (χ2v) is 5.83. The number of carbonyl (C=O) groups is 1. The third-order valence-corrected chi connectivity index (χ3v) is 2.72. The second-order valence-electron chi connectivity index (χ2n) is 5.83. The first-order valence-corrected chi connectivity index (χ1v) is 5.88. The zero-order chi connectivity index (χ0) is 12.5. The van der Waals surface area contributed by atoms with Crippen molar-refractivity contribution in [2.24, 2.45) is 5.92 Å². The Balaban J connectivity index is 2.67. The van der Waals surface area contributed by atoms with Crippen molar-refractivity contribution < 1.29 is 14.6 Å². The van der Waals surface area contributed by atoms with E-state index in [4.69, 9.17) is 4.74 Å². The van der Waals surface area contributed by atoms with Crippen LogP contribution in [0.2, 0.25) is 0 Å². The molecule has 1 saturated heterocycles. The number of aliphatic hydroxyl groups excluding tert-OH is 1. The lowest BCUT2D eigenvalue weighted by Gasteiger charge is -2.30. The van der Waals surface area contributed by atoms with E-state index >= 15 is 0 Å². The summed E-state index contributed by atoms with van der Waals surface area (Å²) in [6.07, 6.45) is -0.0839. The van der Waals surface area contributed by atoms with Crippen molar-refractivity contribution in [1.82, 2.24) is 4.90 Å². The summed E-state index contributed by atoms with van der Waals surface area (Å²) in [6.45, 7) is 10.0. The number of nitrogens with zero attached hydrogens (tertiary/aromatic N) is 1. The quantitative estimate of drug-likeness (QED) is 0.748. The zero-order valence-corrected chi connectivity index (χ0v) is 10.9. The predicted octanol–water partition coefficient (Wildman–Crippen LogP) is 2.01. The molecule has 4 nitrogen and oxygen atoms in total. The number of ether oxygens (including phenoxy) is 1. The third kappa shape index (κ3) is 3.37. The minimum absolute atomic E-state index is 0.0878.